The van der Waals surface area contributed by atoms with Crippen LogP contribution in [0.25, 0.3) is 0 Å². The van der Waals surface area contributed by atoms with E-state index in [-0.39, 0.29) is 4.75 Å². The number of hydrogen-bond acceptors (Lipinski definition) is 1. The highest BCUT2D eigenvalue weighted by molar-refractivity contribution is 9.11. The lowest BCUT2D eigenvalue weighted by molar-refractivity contribution is -0.137. The van der Waals surface area contributed by atoms with Crippen LogP contribution in [-0.2, 0) is 16.3 Å². The molecule has 0 fully saturated rings. The van der Waals surface area contributed by atoms with Crippen molar-refractivity contribution < 1.29 is 13.2 Å². The fraction of sp³-hybridized carbons (Fsp3) is 0.263. The summed E-state index contributed by atoms with van der Waals surface area (Å²) in [5, 5.41) is 0. The van der Waals surface area contributed by atoms with Crippen molar-refractivity contribution in [3.8, 4) is 0 Å². The standard InChI is InChI=1S/C19H16BrF3S/c1-17(13-14-5-3-2-4-6-14)11-12-18(20,24-17)15-7-9-16(10-8-15)19(21,22)23/h2-12H,13H2,1H3. The lowest BCUT2D eigenvalue weighted by atomic mass is 9.99. The van der Waals surface area contributed by atoms with Gasteiger partial charge in [-0.1, -0.05) is 70.5 Å². The highest BCUT2D eigenvalue weighted by Gasteiger charge is 2.41. The molecule has 0 saturated heterocycles. The van der Waals surface area contributed by atoms with Crippen molar-refractivity contribution in [2.45, 2.75) is 27.9 Å². The number of rotatable bonds is 3. The van der Waals surface area contributed by atoms with Crippen molar-refractivity contribution >= 4 is 27.7 Å². The van der Waals surface area contributed by atoms with E-state index in [1.54, 1.807) is 23.9 Å². The summed E-state index contributed by atoms with van der Waals surface area (Å²) >= 11 is 5.41. The predicted molar refractivity (Wildman–Crippen MR) is 97.3 cm³/mol. The van der Waals surface area contributed by atoms with Gasteiger partial charge in [0.15, 0.2) is 0 Å². The molecule has 0 aromatic heterocycles. The first-order valence-electron chi connectivity index (χ1n) is 7.51. The maximum atomic E-state index is 12.7. The third-order valence-electron chi connectivity index (χ3n) is 4.04. The van der Waals surface area contributed by atoms with E-state index in [1.807, 2.05) is 24.3 Å². The molecule has 2 aromatic carbocycles. The quantitative estimate of drug-likeness (QED) is 0.406. The molecule has 0 radical (unpaired) electrons. The normalized spacial score (nSPS) is 26.7. The van der Waals surface area contributed by atoms with E-state index >= 15 is 0 Å². The molecular weight excluding hydrogens is 397 g/mol. The molecule has 5 heteroatoms. The number of halogens is 4. The zero-order chi connectivity index (χ0) is 17.4. The molecule has 0 nitrogen and oxygen atoms in total. The highest BCUT2D eigenvalue weighted by atomic mass is 79.9. The molecule has 0 saturated carbocycles. The van der Waals surface area contributed by atoms with Gasteiger partial charge in [0.2, 0.25) is 0 Å². The topological polar surface area (TPSA) is 0 Å². The van der Waals surface area contributed by atoms with Gasteiger partial charge in [-0.3, -0.25) is 0 Å². The van der Waals surface area contributed by atoms with Gasteiger partial charge in [-0.15, -0.1) is 11.8 Å². The lowest BCUT2D eigenvalue weighted by Crippen LogP contribution is -2.21. The molecule has 24 heavy (non-hydrogen) atoms. The molecule has 0 amide bonds. The molecule has 1 heterocycles. The molecule has 1 aliphatic rings. The van der Waals surface area contributed by atoms with Gasteiger partial charge in [0.1, 0.15) is 3.66 Å². The zero-order valence-electron chi connectivity index (χ0n) is 13.0. The first-order valence-corrected chi connectivity index (χ1v) is 9.12. The lowest BCUT2D eigenvalue weighted by Gasteiger charge is -2.28. The summed E-state index contributed by atoms with van der Waals surface area (Å²) in [6, 6.07) is 15.6. The number of hydrogen-bond donors (Lipinski definition) is 0. The van der Waals surface area contributed by atoms with Gasteiger partial charge >= 0.3 is 6.18 Å². The van der Waals surface area contributed by atoms with Crippen LogP contribution in [0.3, 0.4) is 0 Å². The molecule has 0 bridgehead atoms. The number of benzene rings is 2. The Morgan fingerprint density at radius 3 is 2.17 bits per heavy atom. The summed E-state index contributed by atoms with van der Waals surface area (Å²) in [6.45, 7) is 2.15. The van der Waals surface area contributed by atoms with E-state index in [9.17, 15) is 13.2 Å². The van der Waals surface area contributed by atoms with Crippen LogP contribution >= 0.6 is 27.7 Å². The molecule has 2 atom stereocenters. The molecule has 2 aromatic rings. The molecule has 3 rings (SSSR count). The van der Waals surface area contributed by atoms with Gasteiger partial charge in [0, 0.05) is 4.75 Å². The molecule has 126 valence electrons. The fourth-order valence-corrected chi connectivity index (χ4v) is 5.78. The molecule has 0 spiro atoms. The maximum absolute atomic E-state index is 12.7. The minimum absolute atomic E-state index is 0.118. The monoisotopic (exact) mass is 412 g/mol. The molecule has 0 aliphatic carbocycles. The minimum atomic E-state index is -4.31. The fourth-order valence-electron chi connectivity index (χ4n) is 2.83. The average Bonchev–Trinajstić information content (AvgIpc) is 2.84. The van der Waals surface area contributed by atoms with Gasteiger partial charge < -0.3 is 0 Å². The van der Waals surface area contributed by atoms with Gasteiger partial charge in [0.25, 0.3) is 0 Å². The molecule has 0 N–H and O–H groups in total. The van der Waals surface area contributed by atoms with Gasteiger partial charge in [0.05, 0.1) is 5.56 Å². The molecule has 1 aliphatic heterocycles. The molecule has 2 unspecified atom stereocenters. The Morgan fingerprint density at radius 2 is 1.58 bits per heavy atom. The predicted octanol–water partition coefficient (Wildman–Crippen LogP) is 6.56. The smallest absolute Gasteiger partial charge is 0.166 e. The van der Waals surface area contributed by atoms with E-state index < -0.39 is 15.4 Å². The summed E-state index contributed by atoms with van der Waals surface area (Å²) in [5.74, 6) is 0. The second kappa shape index (κ2) is 6.26. The van der Waals surface area contributed by atoms with Gasteiger partial charge in [-0.25, -0.2) is 0 Å². The Kier molecular flexibility index (Phi) is 4.60. The van der Waals surface area contributed by atoms with Gasteiger partial charge in [-0.2, -0.15) is 13.2 Å². The highest BCUT2D eigenvalue weighted by Crippen LogP contribution is 2.56. The summed E-state index contributed by atoms with van der Waals surface area (Å²) in [4.78, 5) is 0. The van der Waals surface area contributed by atoms with Crippen LogP contribution in [-0.4, -0.2) is 4.75 Å². The van der Waals surface area contributed by atoms with Crippen molar-refractivity contribution in [3.63, 3.8) is 0 Å². The van der Waals surface area contributed by atoms with Crippen LogP contribution in [0.5, 0.6) is 0 Å². The van der Waals surface area contributed by atoms with E-state index in [0.717, 1.165) is 24.1 Å². The van der Waals surface area contributed by atoms with Crippen molar-refractivity contribution in [2.75, 3.05) is 0 Å². The van der Waals surface area contributed by atoms with Crippen LogP contribution in [0.1, 0.15) is 23.6 Å². The number of alkyl halides is 4. The summed E-state index contributed by atoms with van der Waals surface area (Å²) in [6.07, 6.45) is 0.724. The largest absolute Gasteiger partial charge is 0.416 e. The van der Waals surface area contributed by atoms with Crippen LogP contribution < -0.4 is 0 Å². The van der Waals surface area contributed by atoms with Crippen molar-refractivity contribution in [1.82, 2.24) is 0 Å². The van der Waals surface area contributed by atoms with Crippen LogP contribution in [0.4, 0.5) is 13.2 Å². The zero-order valence-corrected chi connectivity index (χ0v) is 15.4. The number of thioether (sulfide) groups is 1. The van der Waals surface area contributed by atoms with E-state index in [1.165, 1.54) is 5.56 Å². The van der Waals surface area contributed by atoms with Crippen LogP contribution in [0.2, 0.25) is 0 Å². The Hall–Kier alpha value is -1.20. The Balaban J connectivity index is 1.79. The average molecular weight is 413 g/mol. The van der Waals surface area contributed by atoms with E-state index in [4.69, 9.17) is 0 Å². The second-order valence-electron chi connectivity index (χ2n) is 6.13. The van der Waals surface area contributed by atoms with Crippen LogP contribution in [0.15, 0.2) is 66.7 Å². The van der Waals surface area contributed by atoms with Crippen molar-refractivity contribution in [2.24, 2.45) is 0 Å². The third-order valence-corrected chi connectivity index (χ3v) is 6.66. The summed E-state index contributed by atoms with van der Waals surface area (Å²) < 4.78 is 37.6. The minimum Gasteiger partial charge on any atom is -0.166 e. The first kappa shape index (κ1) is 17.6. The molecular formula is C19H16BrF3S. The first-order chi connectivity index (χ1) is 11.2. The SMILES string of the molecule is CC1(Cc2ccccc2)C=CC(Br)(c2ccc(C(F)(F)F)cc2)S1. The Morgan fingerprint density at radius 1 is 0.958 bits per heavy atom. The second-order valence-corrected chi connectivity index (χ2v) is 9.69. The van der Waals surface area contributed by atoms with Crippen molar-refractivity contribution in [1.29, 1.82) is 0 Å². The summed E-state index contributed by atoms with van der Waals surface area (Å²) in [7, 11) is 0. The summed E-state index contributed by atoms with van der Waals surface area (Å²) in [5.41, 5.74) is 1.43. The van der Waals surface area contributed by atoms with Gasteiger partial charge in [-0.05, 0) is 36.6 Å². The Bertz CT molecular complexity index is 739. The maximum Gasteiger partial charge on any atom is 0.416 e. The van der Waals surface area contributed by atoms with E-state index in [0.29, 0.717) is 0 Å². The third kappa shape index (κ3) is 3.72. The Labute approximate surface area is 152 Å². The van der Waals surface area contributed by atoms with Crippen LogP contribution in [0, 0.1) is 0 Å². The van der Waals surface area contributed by atoms with Crippen molar-refractivity contribution in [3.05, 3.63) is 83.4 Å². The van der Waals surface area contributed by atoms with E-state index in [2.05, 4.69) is 41.1 Å².